The highest BCUT2D eigenvalue weighted by Crippen LogP contribution is 2.33. The number of likely N-dealkylation sites (tertiary alicyclic amines) is 2. The molecule has 5 heteroatoms. The van der Waals surface area contributed by atoms with Gasteiger partial charge in [0.1, 0.15) is 0 Å². The van der Waals surface area contributed by atoms with Crippen LogP contribution in [-0.2, 0) is 16.1 Å². The van der Waals surface area contributed by atoms with E-state index in [0.717, 1.165) is 58.5 Å². The summed E-state index contributed by atoms with van der Waals surface area (Å²) in [6, 6.07) is 5.08. The van der Waals surface area contributed by atoms with Gasteiger partial charge < -0.3 is 9.64 Å². The number of hydrogen-bond acceptors (Lipinski definition) is 4. The molecule has 3 aliphatic heterocycles. The van der Waals surface area contributed by atoms with Crippen LogP contribution in [0.25, 0.3) is 0 Å². The Morgan fingerprint density at radius 1 is 1.17 bits per heavy atom. The lowest BCUT2D eigenvalue weighted by Crippen LogP contribution is -2.53. The van der Waals surface area contributed by atoms with Crippen molar-refractivity contribution in [2.24, 2.45) is 5.92 Å². The van der Waals surface area contributed by atoms with Gasteiger partial charge in [-0.25, -0.2) is 0 Å². The standard InChI is InChI=1S/C19H27N3O2/c23-19-4-3-17-18(22(19)14-15-6-10-24-11-7-15)5-9-21(17)13-16-2-1-8-20-12-16/h1-2,8,12,15,17-18H,3-7,9-11,13-14H2/t17-,18-/m0/s1. The summed E-state index contributed by atoms with van der Waals surface area (Å²) < 4.78 is 5.47. The minimum absolute atomic E-state index is 0.367. The zero-order valence-corrected chi connectivity index (χ0v) is 14.3. The lowest BCUT2D eigenvalue weighted by molar-refractivity contribution is -0.139. The van der Waals surface area contributed by atoms with E-state index >= 15 is 0 Å². The molecular weight excluding hydrogens is 302 g/mol. The lowest BCUT2D eigenvalue weighted by atomic mass is 9.92. The molecule has 0 bridgehead atoms. The number of fused-ring (bicyclic) bond motifs is 1. The van der Waals surface area contributed by atoms with Gasteiger partial charge in [-0.05, 0) is 43.2 Å². The Hall–Kier alpha value is -1.46. The number of aromatic nitrogens is 1. The van der Waals surface area contributed by atoms with Crippen molar-refractivity contribution in [3.05, 3.63) is 30.1 Å². The first-order valence-corrected chi connectivity index (χ1v) is 9.31. The Morgan fingerprint density at radius 3 is 2.83 bits per heavy atom. The SMILES string of the molecule is O=C1CC[C@H]2[C@H](CCN2Cc2cccnc2)N1CC1CCOCC1. The highest BCUT2D eigenvalue weighted by atomic mass is 16.5. The molecular formula is C19H27N3O2. The number of hydrogen-bond donors (Lipinski definition) is 0. The van der Waals surface area contributed by atoms with Gasteiger partial charge in [-0.1, -0.05) is 6.07 Å². The van der Waals surface area contributed by atoms with Gasteiger partial charge in [-0.2, -0.15) is 0 Å². The molecule has 4 rings (SSSR count). The first-order valence-electron chi connectivity index (χ1n) is 9.31. The summed E-state index contributed by atoms with van der Waals surface area (Å²) in [4.78, 5) is 21.6. The van der Waals surface area contributed by atoms with E-state index in [1.807, 2.05) is 18.5 Å². The van der Waals surface area contributed by atoms with Crippen LogP contribution in [0.2, 0.25) is 0 Å². The van der Waals surface area contributed by atoms with Crippen molar-refractivity contribution in [2.75, 3.05) is 26.3 Å². The molecule has 0 aliphatic carbocycles. The average molecular weight is 329 g/mol. The van der Waals surface area contributed by atoms with E-state index in [2.05, 4.69) is 20.9 Å². The molecule has 24 heavy (non-hydrogen) atoms. The number of pyridine rings is 1. The van der Waals surface area contributed by atoms with E-state index in [1.54, 1.807) is 0 Å². The summed E-state index contributed by atoms with van der Waals surface area (Å²) in [7, 11) is 0. The Morgan fingerprint density at radius 2 is 2.04 bits per heavy atom. The van der Waals surface area contributed by atoms with Crippen molar-refractivity contribution in [2.45, 2.75) is 50.7 Å². The summed E-state index contributed by atoms with van der Waals surface area (Å²) in [5.74, 6) is 0.986. The van der Waals surface area contributed by atoms with Crippen LogP contribution in [0.3, 0.4) is 0 Å². The van der Waals surface area contributed by atoms with E-state index in [0.29, 0.717) is 30.3 Å². The molecule has 0 unspecified atom stereocenters. The van der Waals surface area contributed by atoms with Gasteiger partial charge in [0.25, 0.3) is 0 Å². The maximum Gasteiger partial charge on any atom is 0.222 e. The van der Waals surface area contributed by atoms with Crippen LogP contribution in [0.15, 0.2) is 24.5 Å². The predicted molar refractivity (Wildman–Crippen MR) is 91.3 cm³/mol. The first-order chi connectivity index (χ1) is 11.8. The molecule has 0 spiro atoms. The summed E-state index contributed by atoms with van der Waals surface area (Å²) in [6.45, 7) is 4.68. The number of nitrogens with zero attached hydrogens (tertiary/aromatic N) is 3. The van der Waals surface area contributed by atoms with Crippen molar-refractivity contribution in [3.8, 4) is 0 Å². The zero-order chi connectivity index (χ0) is 16.4. The zero-order valence-electron chi connectivity index (χ0n) is 14.3. The lowest BCUT2D eigenvalue weighted by Gasteiger charge is -2.42. The van der Waals surface area contributed by atoms with Gasteiger partial charge in [-0.3, -0.25) is 14.7 Å². The summed E-state index contributed by atoms with van der Waals surface area (Å²) >= 11 is 0. The molecule has 3 saturated heterocycles. The molecule has 3 fully saturated rings. The second kappa shape index (κ2) is 7.19. The quantitative estimate of drug-likeness (QED) is 0.848. The smallest absolute Gasteiger partial charge is 0.222 e. The van der Waals surface area contributed by atoms with Gasteiger partial charge in [0.15, 0.2) is 0 Å². The van der Waals surface area contributed by atoms with Gasteiger partial charge in [0, 0.05) is 63.7 Å². The largest absolute Gasteiger partial charge is 0.381 e. The second-order valence-corrected chi connectivity index (χ2v) is 7.40. The van der Waals surface area contributed by atoms with Crippen LogP contribution in [0.5, 0.6) is 0 Å². The predicted octanol–water partition coefficient (Wildman–Crippen LogP) is 2.07. The van der Waals surface area contributed by atoms with Crippen molar-refractivity contribution < 1.29 is 9.53 Å². The normalized spacial score (nSPS) is 29.0. The Balaban J connectivity index is 1.42. The minimum Gasteiger partial charge on any atom is -0.381 e. The van der Waals surface area contributed by atoms with Gasteiger partial charge in [0.05, 0.1) is 0 Å². The molecule has 0 aromatic carbocycles. The number of carbonyl (C=O) groups excluding carboxylic acids is 1. The monoisotopic (exact) mass is 329 g/mol. The number of amides is 1. The molecule has 0 radical (unpaired) electrons. The second-order valence-electron chi connectivity index (χ2n) is 7.40. The molecule has 130 valence electrons. The molecule has 0 N–H and O–H groups in total. The summed E-state index contributed by atoms with van der Waals surface area (Å²) in [6.07, 6.45) is 8.80. The third-order valence-electron chi connectivity index (χ3n) is 5.90. The summed E-state index contributed by atoms with van der Waals surface area (Å²) in [5, 5.41) is 0. The maximum atomic E-state index is 12.5. The minimum atomic E-state index is 0.367. The van der Waals surface area contributed by atoms with Crippen LogP contribution in [0.4, 0.5) is 0 Å². The van der Waals surface area contributed by atoms with Crippen molar-refractivity contribution in [1.82, 2.24) is 14.8 Å². The molecule has 5 nitrogen and oxygen atoms in total. The number of ether oxygens (including phenoxy) is 1. The van der Waals surface area contributed by atoms with Crippen molar-refractivity contribution in [1.29, 1.82) is 0 Å². The van der Waals surface area contributed by atoms with E-state index in [1.165, 1.54) is 5.56 Å². The van der Waals surface area contributed by atoms with E-state index in [9.17, 15) is 4.79 Å². The number of carbonyl (C=O) groups is 1. The van der Waals surface area contributed by atoms with Crippen molar-refractivity contribution >= 4 is 5.91 Å². The van der Waals surface area contributed by atoms with Gasteiger partial charge >= 0.3 is 0 Å². The fourth-order valence-corrected chi connectivity index (χ4v) is 4.60. The molecule has 1 amide bonds. The van der Waals surface area contributed by atoms with Crippen molar-refractivity contribution in [3.63, 3.8) is 0 Å². The number of piperidine rings is 1. The molecule has 4 heterocycles. The van der Waals surface area contributed by atoms with Crippen LogP contribution in [0.1, 0.15) is 37.7 Å². The number of rotatable bonds is 4. The van der Waals surface area contributed by atoms with Gasteiger partial charge in [-0.15, -0.1) is 0 Å². The molecule has 2 atom stereocenters. The van der Waals surface area contributed by atoms with E-state index in [-0.39, 0.29) is 0 Å². The van der Waals surface area contributed by atoms with Gasteiger partial charge in [0.2, 0.25) is 5.91 Å². The third-order valence-corrected chi connectivity index (χ3v) is 5.90. The Labute approximate surface area is 144 Å². The summed E-state index contributed by atoms with van der Waals surface area (Å²) in [5.41, 5.74) is 1.27. The van der Waals surface area contributed by atoms with Crippen LogP contribution in [-0.4, -0.2) is 59.1 Å². The molecule has 3 aliphatic rings. The average Bonchev–Trinajstić information content (AvgIpc) is 3.02. The topological polar surface area (TPSA) is 45.7 Å². The van der Waals surface area contributed by atoms with Crippen LogP contribution < -0.4 is 0 Å². The van der Waals surface area contributed by atoms with E-state index in [4.69, 9.17) is 4.74 Å². The third kappa shape index (κ3) is 3.33. The Bertz CT molecular complexity index is 559. The highest BCUT2D eigenvalue weighted by molar-refractivity contribution is 5.77. The fourth-order valence-electron chi connectivity index (χ4n) is 4.60. The molecule has 1 aromatic heterocycles. The highest BCUT2D eigenvalue weighted by Gasteiger charge is 2.43. The fraction of sp³-hybridized carbons (Fsp3) is 0.684. The van der Waals surface area contributed by atoms with E-state index < -0.39 is 0 Å². The molecule has 0 saturated carbocycles. The van der Waals surface area contributed by atoms with Crippen LogP contribution in [0, 0.1) is 5.92 Å². The van der Waals surface area contributed by atoms with Crippen LogP contribution >= 0.6 is 0 Å². The first kappa shape index (κ1) is 16.0. The molecule has 1 aromatic rings. The Kier molecular flexibility index (Phi) is 4.81. The maximum absolute atomic E-state index is 12.5.